The molecule has 1 unspecified atom stereocenters. The molecular formula is C22H15F4N3O3S. The van der Waals surface area contributed by atoms with Gasteiger partial charge in [-0.15, -0.1) is 0 Å². The Balaban J connectivity index is 1.60. The van der Waals surface area contributed by atoms with Gasteiger partial charge in [-0.3, -0.25) is 14.8 Å². The van der Waals surface area contributed by atoms with E-state index in [9.17, 15) is 26.6 Å². The molecule has 6 nitrogen and oxygen atoms in total. The fourth-order valence-electron chi connectivity index (χ4n) is 3.03. The van der Waals surface area contributed by atoms with Crippen molar-refractivity contribution in [1.82, 2.24) is 4.98 Å². The molecule has 170 valence electrons. The van der Waals surface area contributed by atoms with Crippen LogP contribution in [0.1, 0.15) is 21.5 Å². The number of rotatable bonds is 5. The molecule has 2 aromatic carbocycles. The van der Waals surface area contributed by atoms with Crippen LogP contribution >= 0.6 is 0 Å². The van der Waals surface area contributed by atoms with Gasteiger partial charge in [-0.05, 0) is 42.5 Å². The van der Waals surface area contributed by atoms with Crippen LogP contribution in [0.2, 0.25) is 0 Å². The summed E-state index contributed by atoms with van der Waals surface area (Å²) in [4.78, 5) is 20.0. The number of halogens is 4. The Labute approximate surface area is 186 Å². The topological polar surface area (TPSA) is 81.0 Å². The molecular weight excluding hydrogens is 462 g/mol. The number of amides is 1. The Bertz CT molecular complexity index is 1390. The maximum absolute atomic E-state index is 14.1. The lowest BCUT2D eigenvalue weighted by Gasteiger charge is -2.11. The van der Waals surface area contributed by atoms with Crippen LogP contribution in [0.3, 0.4) is 0 Å². The van der Waals surface area contributed by atoms with E-state index in [4.69, 9.17) is 4.74 Å². The molecule has 0 saturated heterocycles. The van der Waals surface area contributed by atoms with Crippen molar-refractivity contribution < 1.29 is 31.3 Å². The van der Waals surface area contributed by atoms with Crippen LogP contribution < -0.4 is 4.74 Å². The van der Waals surface area contributed by atoms with Crippen LogP contribution in [0, 0.1) is 5.82 Å². The number of pyridine rings is 1. The smallest absolute Gasteiger partial charge is 0.417 e. The zero-order valence-electron chi connectivity index (χ0n) is 17.0. The lowest BCUT2D eigenvalue weighted by Crippen LogP contribution is -2.13. The molecule has 4 rings (SSSR count). The summed E-state index contributed by atoms with van der Waals surface area (Å²) >= 11 is 0. The highest BCUT2D eigenvalue weighted by atomic mass is 32.2. The fraction of sp³-hybridized carbons (Fsp3) is 0.136. The number of carbonyl (C=O) groups is 1. The van der Waals surface area contributed by atoms with Gasteiger partial charge < -0.3 is 4.74 Å². The molecule has 3 aromatic rings. The number of alkyl halides is 3. The van der Waals surface area contributed by atoms with Gasteiger partial charge in [0.2, 0.25) is 0 Å². The molecule has 0 fully saturated rings. The van der Waals surface area contributed by atoms with Gasteiger partial charge in [0, 0.05) is 23.5 Å². The highest BCUT2D eigenvalue weighted by molar-refractivity contribution is 7.93. The van der Waals surface area contributed by atoms with E-state index in [1.165, 1.54) is 36.4 Å². The van der Waals surface area contributed by atoms with Crippen LogP contribution in [0.5, 0.6) is 11.5 Å². The number of hydrogen-bond acceptors (Lipinski definition) is 5. The van der Waals surface area contributed by atoms with Crippen molar-refractivity contribution in [2.75, 3.05) is 12.8 Å². The number of carbonyl (C=O) groups excluding carboxylic acids is 1. The fourth-order valence-corrected chi connectivity index (χ4v) is 4.19. The van der Waals surface area contributed by atoms with E-state index in [0.717, 1.165) is 18.6 Å². The third kappa shape index (κ3) is 4.92. The van der Waals surface area contributed by atoms with Crippen LogP contribution in [0.25, 0.3) is 0 Å². The van der Waals surface area contributed by atoms with Gasteiger partial charge in [-0.1, -0.05) is 6.07 Å². The molecule has 1 aliphatic rings. The summed E-state index contributed by atoms with van der Waals surface area (Å²) in [5.41, 5.74) is -1.15. The zero-order valence-corrected chi connectivity index (χ0v) is 17.8. The molecule has 0 N–H and O–H groups in total. The predicted octanol–water partition coefficient (Wildman–Crippen LogP) is 5.13. The van der Waals surface area contributed by atoms with Crippen molar-refractivity contribution in [2.24, 2.45) is 9.36 Å². The summed E-state index contributed by atoms with van der Waals surface area (Å²) < 4.78 is 75.8. The van der Waals surface area contributed by atoms with Crippen molar-refractivity contribution in [3.63, 3.8) is 0 Å². The number of ether oxygens (including phenoxy) is 1. The number of nitrogens with zero attached hydrogens (tertiary/aromatic N) is 3. The largest absolute Gasteiger partial charge is 0.457 e. The normalized spacial score (nSPS) is 14.8. The van der Waals surface area contributed by atoms with Crippen molar-refractivity contribution in [1.29, 1.82) is 0 Å². The highest BCUT2D eigenvalue weighted by Crippen LogP contribution is 2.33. The predicted molar refractivity (Wildman–Crippen MR) is 113 cm³/mol. The summed E-state index contributed by atoms with van der Waals surface area (Å²) in [5, 5.41) is 0. The van der Waals surface area contributed by atoms with Gasteiger partial charge in [0.25, 0.3) is 5.91 Å². The van der Waals surface area contributed by atoms with E-state index in [2.05, 4.69) is 14.3 Å². The molecule has 33 heavy (non-hydrogen) atoms. The van der Waals surface area contributed by atoms with E-state index in [-0.39, 0.29) is 16.2 Å². The van der Waals surface area contributed by atoms with Gasteiger partial charge in [0.15, 0.2) is 0 Å². The molecule has 0 spiro atoms. The van der Waals surface area contributed by atoms with Crippen LogP contribution in [0.15, 0.2) is 75.2 Å². The van der Waals surface area contributed by atoms with Gasteiger partial charge >= 0.3 is 6.18 Å². The second-order valence-corrected chi connectivity index (χ2v) is 9.33. The van der Waals surface area contributed by atoms with Crippen LogP contribution in [0.4, 0.5) is 17.6 Å². The second-order valence-electron chi connectivity index (χ2n) is 7.07. The molecule has 0 aliphatic carbocycles. The molecule has 1 aromatic heterocycles. The summed E-state index contributed by atoms with van der Waals surface area (Å²) in [6.45, 7) is 0.427. The SMILES string of the molecule is CS(=O)(=NC(=O)c1cnccc1C(F)(F)F)c1ccc(Oc2cccc(F)c2C2=NC2)cc1. The molecule has 1 aliphatic heterocycles. The van der Waals surface area contributed by atoms with Crippen molar-refractivity contribution in [2.45, 2.75) is 11.1 Å². The Morgan fingerprint density at radius 3 is 2.45 bits per heavy atom. The monoisotopic (exact) mass is 477 g/mol. The molecule has 2 heterocycles. The minimum Gasteiger partial charge on any atom is -0.457 e. The molecule has 0 radical (unpaired) electrons. The van der Waals surface area contributed by atoms with E-state index < -0.39 is 38.8 Å². The maximum Gasteiger partial charge on any atom is 0.417 e. The lowest BCUT2D eigenvalue weighted by molar-refractivity contribution is -0.138. The molecule has 1 atom stereocenters. The van der Waals surface area contributed by atoms with Crippen LogP contribution in [-0.4, -0.2) is 33.6 Å². The quantitative estimate of drug-likeness (QED) is 0.477. The third-order valence-corrected chi connectivity index (χ3v) is 6.34. The van der Waals surface area contributed by atoms with Crippen molar-refractivity contribution >= 4 is 21.3 Å². The van der Waals surface area contributed by atoms with Crippen molar-refractivity contribution in [3.05, 3.63) is 83.4 Å². The first kappa shape index (κ1) is 22.6. The highest BCUT2D eigenvalue weighted by Gasteiger charge is 2.35. The van der Waals surface area contributed by atoms with Gasteiger partial charge in [0.05, 0.1) is 38.7 Å². The maximum atomic E-state index is 14.1. The van der Waals surface area contributed by atoms with Gasteiger partial charge in [-0.2, -0.15) is 17.5 Å². The number of hydrogen-bond donors (Lipinski definition) is 0. The number of aromatic nitrogens is 1. The number of benzene rings is 2. The van der Waals surface area contributed by atoms with Crippen LogP contribution in [-0.2, 0) is 15.9 Å². The molecule has 0 bridgehead atoms. The molecule has 11 heteroatoms. The lowest BCUT2D eigenvalue weighted by atomic mass is 10.1. The first-order chi connectivity index (χ1) is 15.6. The van der Waals surface area contributed by atoms with E-state index >= 15 is 0 Å². The summed E-state index contributed by atoms with van der Waals surface area (Å²) in [6.07, 6.45) is -2.01. The summed E-state index contributed by atoms with van der Waals surface area (Å²) in [7, 11) is -3.38. The Kier molecular flexibility index (Phi) is 5.75. The molecule has 1 amide bonds. The number of aliphatic imine (C=N–C) groups is 1. The first-order valence-corrected chi connectivity index (χ1v) is 11.4. The van der Waals surface area contributed by atoms with E-state index in [1.807, 2.05) is 0 Å². The van der Waals surface area contributed by atoms with Crippen molar-refractivity contribution in [3.8, 4) is 11.5 Å². The minimum absolute atomic E-state index is 0.103. The Morgan fingerprint density at radius 2 is 1.82 bits per heavy atom. The Morgan fingerprint density at radius 1 is 1.12 bits per heavy atom. The standard InChI is InChI=1S/C22H15F4N3O3S/c1-33(31,29-21(30)15-11-27-10-9-16(15)22(24,25)26)14-7-5-13(6-8-14)32-19-4-2-3-17(23)20(19)18-12-28-18/h2-11H,12H2,1H3. The molecule has 0 saturated carbocycles. The summed E-state index contributed by atoms with van der Waals surface area (Å²) in [6, 6.07) is 10.6. The average molecular weight is 477 g/mol. The average Bonchev–Trinajstić information content (AvgIpc) is 3.58. The minimum atomic E-state index is -4.79. The van der Waals surface area contributed by atoms with Gasteiger partial charge in [0.1, 0.15) is 17.3 Å². The van der Waals surface area contributed by atoms with E-state index in [1.54, 1.807) is 6.07 Å². The third-order valence-electron chi connectivity index (χ3n) is 4.68. The summed E-state index contributed by atoms with van der Waals surface area (Å²) in [5.74, 6) is -1.21. The zero-order chi connectivity index (χ0) is 23.8. The van der Waals surface area contributed by atoms with Gasteiger partial charge in [-0.25, -0.2) is 8.60 Å². The van der Waals surface area contributed by atoms with E-state index in [0.29, 0.717) is 24.1 Å². The Hall–Kier alpha value is -3.60. The first-order valence-electron chi connectivity index (χ1n) is 9.44. The second kappa shape index (κ2) is 8.39.